The number of rotatable bonds is 3. The van der Waals surface area contributed by atoms with Gasteiger partial charge in [-0.2, -0.15) is 0 Å². The van der Waals surface area contributed by atoms with E-state index >= 15 is 0 Å². The summed E-state index contributed by atoms with van der Waals surface area (Å²) >= 11 is 0. The molecule has 2 amide bonds. The van der Waals surface area contributed by atoms with Crippen LogP contribution in [0.15, 0.2) is 0 Å². The molecule has 5 heteroatoms. The van der Waals surface area contributed by atoms with E-state index in [4.69, 9.17) is 0 Å². The number of fused-ring (bicyclic) bond motifs is 2. The Labute approximate surface area is 144 Å². The highest BCUT2D eigenvalue weighted by Crippen LogP contribution is 2.33. The second-order valence-electron chi connectivity index (χ2n) is 8.34. The molecule has 3 saturated heterocycles. The number of nitrogens with zero attached hydrogens (tertiary/aromatic N) is 1. The van der Waals surface area contributed by atoms with Crippen molar-refractivity contribution in [2.24, 2.45) is 11.8 Å². The van der Waals surface area contributed by atoms with Gasteiger partial charge in [0.15, 0.2) is 0 Å². The number of carbonyl (C=O) groups is 2. The zero-order valence-electron chi connectivity index (χ0n) is 14.6. The molecule has 0 aromatic carbocycles. The molecule has 24 heavy (non-hydrogen) atoms. The molecule has 134 valence electrons. The average molecular weight is 333 g/mol. The molecule has 4 aliphatic rings. The Hall–Kier alpha value is -1.10. The molecule has 1 aliphatic carbocycles. The maximum atomic E-state index is 12.9. The van der Waals surface area contributed by atoms with Gasteiger partial charge in [-0.25, -0.2) is 0 Å². The number of hydrogen-bond donors (Lipinski definition) is 2. The number of carbonyl (C=O) groups excluding carboxylic acids is 2. The topological polar surface area (TPSA) is 61.4 Å². The van der Waals surface area contributed by atoms with E-state index in [2.05, 4.69) is 10.6 Å². The van der Waals surface area contributed by atoms with Crippen LogP contribution in [0.2, 0.25) is 0 Å². The zero-order valence-corrected chi connectivity index (χ0v) is 14.6. The van der Waals surface area contributed by atoms with Gasteiger partial charge in [-0.05, 0) is 51.4 Å². The predicted octanol–water partition coefficient (Wildman–Crippen LogP) is 1.81. The van der Waals surface area contributed by atoms with E-state index < -0.39 is 0 Å². The van der Waals surface area contributed by atoms with Crippen molar-refractivity contribution < 1.29 is 9.59 Å². The number of amides is 2. The second kappa shape index (κ2) is 7.03. The lowest BCUT2D eigenvalue weighted by atomic mass is 9.77. The van der Waals surface area contributed by atoms with Crippen LogP contribution in [0.1, 0.15) is 64.2 Å². The van der Waals surface area contributed by atoms with Gasteiger partial charge in [-0.15, -0.1) is 0 Å². The van der Waals surface area contributed by atoms with E-state index in [0.29, 0.717) is 18.1 Å². The molecule has 4 atom stereocenters. The minimum Gasteiger partial charge on any atom is -0.353 e. The van der Waals surface area contributed by atoms with Crippen LogP contribution in [0.5, 0.6) is 0 Å². The lowest BCUT2D eigenvalue weighted by Gasteiger charge is -2.35. The Bertz CT molecular complexity index is 477. The molecular weight excluding hydrogens is 302 g/mol. The van der Waals surface area contributed by atoms with Crippen LogP contribution in [-0.4, -0.2) is 47.9 Å². The molecule has 2 bridgehead atoms. The van der Waals surface area contributed by atoms with Gasteiger partial charge < -0.3 is 15.5 Å². The summed E-state index contributed by atoms with van der Waals surface area (Å²) in [4.78, 5) is 27.8. The molecule has 0 aromatic rings. The summed E-state index contributed by atoms with van der Waals surface area (Å²) in [5, 5.41) is 6.94. The molecule has 3 aliphatic heterocycles. The van der Waals surface area contributed by atoms with Gasteiger partial charge in [0, 0.05) is 43.1 Å². The van der Waals surface area contributed by atoms with Crippen LogP contribution in [0.3, 0.4) is 0 Å². The van der Waals surface area contributed by atoms with Crippen LogP contribution < -0.4 is 10.6 Å². The smallest absolute Gasteiger partial charge is 0.226 e. The highest BCUT2D eigenvalue weighted by atomic mass is 16.2. The largest absolute Gasteiger partial charge is 0.353 e. The number of hydrogen-bond acceptors (Lipinski definition) is 3. The Morgan fingerprint density at radius 3 is 2.12 bits per heavy atom. The molecular formula is C19H31N3O2. The number of nitrogens with one attached hydrogen (secondary N) is 2. The van der Waals surface area contributed by atoms with Crippen molar-refractivity contribution in [1.82, 2.24) is 15.5 Å². The molecule has 0 aromatic heterocycles. The fourth-order valence-electron chi connectivity index (χ4n) is 5.40. The third-order valence-electron chi connectivity index (χ3n) is 6.66. The summed E-state index contributed by atoms with van der Waals surface area (Å²) in [5.74, 6) is 0.228. The summed E-state index contributed by atoms with van der Waals surface area (Å²) in [6.45, 7) is 1.78. The molecule has 0 radical (unpaired) electrons. The van der Waals surface area contributed by atoms with Crippen molar-refractivity contribution in [2.45, 2.75) is 82.3 Å². The van der Waals surface area contributed by atoms with Crippen molar-refractivity contribution >= 4 is 11.8 Å². The lowest BCUT2D eigenvalue weighted by molar-refractivity contribution is -0.143. The Morgan fingerprint density at radius 1 is 0.833 bits per heavy atom. The van der Waals surface area contributed by atoms with Crippen molar-refractivity contribution in [2.75, 3.05) is 13.1 Å². The van der Waals surface area contributed by atoms with Gasteiger partial charge in [0.05, 0.1) is 0 Å². The van der Waals surface area contributed by atoms with E-state index in [1.54, 1.807) is 0 Å². The zero-order chi connectivity index (χ0) is 16.5. The van der Waals surface area contributed by atoms with Gasteiger partial charge in [-0.1, -0.05) is 12.8 Å². The Balaban J connectivity index is 1.38. The molecule has 0 spiro atoms. The quantitative estimate of drug-likeness (QED) is 0.828. The predicted molar refractivity (Wildman–Crippen MR) is 92.4 cm³/mol. The summed E-state index contributed by atoms with van der Waals surface area (Å²) in [6, 6.07) is 1.48. The monoisotopic (exact) mass is 333 g/mol. The Morgan fingerprint density at radius 2 is 1.46 bits per heavy atom. The molecule has 2 N–H and O–H groups in total. The van der Waals surface area contributed by atoms with Gasteiger partial charge in [0.2, 0.25) is 11.8 Å². The first-order chi connectivity index (χ1) is 11.7. The van der Waals surface area contributed by atoms with Gasteiger partial charge in [0.1, 0.15) is 0 Å². The van der Waals surface area contributed by atoms with Crippen LogP contribution in [0.4, 0.5) is 0 Å². The molecule has 1 saturated carbocycles. The molecule has 5 nitrogen and oxygen atoms in total. The van der Waals surface area contributed by atoms with E-state index in [-0.39, 0.29) is 23.7 Å². The third-order valence-corrected chi connectivity index (χ3v) is 6.66. The van der Waals surface area contributed by atoms with Crippen LogP contribution in [-0.2, 0) is 9.59 Å². The highest BCUT2D eigenvalue weighted by Gasteiger charge is 2.40. The van der Waals surface area contributed by atoms with E-state index in [0.717, 1.165) is 64.5 Å². The maximum absolute atomic E-state index is 12.9. The molecule has 3 heterocycles. The fraction of sp³-hybridized carbons (Fsp3) is 0.895. The minimum absolute atomic E-state index is 0.0738. The van der Waals surface area contributed by atoms with E-state index in [9.17, 15) is 9.59 Å². The lowest BCUT2D eigenvalue weighted by Crippen LogP contribution is -2.51. The van der Waals surface area contributed by atoms with Crippen molar-refractivity contribution in [3.63, 3.8) is 0 Å². The van der Waals surface area contributed by atoms with Crippen molar-refractivity contribution in [3.05, 3.63) is 0 Å². The normalized spacial score (nSPS) is 39.0. The minimum atomic E-state index is -0.0978. The van der Waals surface area contributed by atoms with E-state index in [1.807, 2.05) is 4.90 Å². The number of likely N-dealkylation sites (tertiary alicyclic amines) is 1. The molecule has 4 fully saturated rings. The van der Waals surface area contributed by atoms with Gasteiger partial charge in [0.25, 0.3) is 0 Å². The third kappa shape index (κ3) is 3.32. The highest BCUT2D eigenvalue weighted by molar-refractivity contribution is 5.88. The average Bonchev–Trinajstić information content (AvgIpc) is 3.24. The van der Waals surface area contributed by atoms with E-state index in [1.165, 1.54) is 12.8 Å². The standard InChI is InChI=1S/C19H31N3O2/c23-18(21-15-11-13-7-8-14(12-15)20-13)16-5-1-2-6-17(16)19(24)22-9-3-4-10-22/h13-17,20H,1-12H2,(H,21,23). The Kier molecular flexibility index (Phi) is 4.79. The first-order valence-electron chi connectivity index (χ1n) is 10.1. The molecule has 4 rings (SSSR count). The SMILES string of the molecule is O=C(NC1CC2CCC(C1)N2)C1CCCCC1C(=O)N1CCCC1. The first-order valence-corrected chi connectivity index (χ1v) is 10.1. The van der Waals surface area contributed by atoms with Crippen molar-refractivity contribution in [1.29, 1.82) is 0 Å². The maximum Gasteiger partial charge on any atom is 0.226 e. The van der Waals surface area contributed by atoms with Crippen LogP contribution >= 0.6 is 0 Å². The summed E-state index contributed by atoms with van der Waals surface area (Å²) < 4.78 is 0. The van der Waals surface area contributed by atoms with Crippen LogP contribution in [0, 0.1) is 11.8 Å². The fourth-order valence-corrected chi connectivity index (χ4v) is 5.40. The molecule has 4 unspecified atom stereocenters. The summed E-state index contributed by atoms with van der Waals surface area (Å²) in [7, 11) is 0. The van der Waals surface area contributed by atoms with Crippen molar-refractivity contribution in [3.8, 4) is 0 Å². The second-order valence-corrected chi connectivity index (χ2v) is 8.34. The van der Waals surface area contributed by atoms with Crippen LogP contribution in [0.25, 0.3) is 0 Å². The van der Waals surface area contributed by atoms with Gasteiger partial charge >= 0.3 is 0 Å². The number of piperidine rings is 1. The summed E-state index contributed by atoms with van der Waals surface area (Å²) in [6.07, 6.45) is 10.8. The first kappa shape index (κ1) is 16.4. The van der Waals surface area contributed by atoms with Gasteiger partial charge in [-0.3, -0.25) is 9.59 Å². The summed E-state index contributed by atoms with van der Waals surface area (Å²) in [5.41, 5.74) is 0.